The van der Waals surface area contributed by atoms with Crippen LogP contribution in [0.2, 0.25) is 0 Å². The smallest absolute Gasteiger partial charge is 0.408 e. The third-order valence-corrected chi connectivity index (χ3v) is 6.78. The van der Waals surface area contributed by atoms with E-state index < -0.39 is 29.8 Å². The molecule has 2 aliphatic rings. The van der Waals surface area contributed by atoms with E-state index in [9.17, 15) is 9.59 Å². The van der Waals surface area contributed by atoms with Gasteiger partial charge >= 0.3 is 12.1 Å². The van der Waals surface area contributed by atoms with Crippen molar-refractivity contribution in [1.82, 2.24) is 10.6 Å². The first-order valence-electron chi connectivity index (χ1n) is 13.3. The average Bonchev–Trinajstić information content (AvgIpc) is 2.82. The van der Waals surface area contributed by atoms with Crippen molar-refractivity contribution in [2.75, 3.05) is 0 Å². The number of carbonyl (C=O) groups excluding carboxylic acids is 2. The first-order valence-corrected chi connectivity index (χ1v) is 13.3. The Morgan fingerprint density at radius 3 is 2.20 bits per heavy atom. The van der Waals surface area contributed by atoms with E-state index in [1.165, 1.54) is 32.1 Å². The Bertz CT molecular complexity index is 780. The lowest BCUT2D eigenvalue weighted by Gasteiger charge is -2.35. The van der Waals surface area contributed by atoms with E-state index in [2.05, 4.69) is 10.6 Å². The minimum atomic E-state index is -0.949. The zero-order chi connectivity index (χ0) is 25.3. The van der Waals surface area contributed by atoms with E-state index in [1.54, 1.807) is 6.92 Å². The van der Waals surface area contributed by atoms with Crippen LogP contribution < -0.4 is 10.6 Å². The van der Waals surface area contributed by atoms with E-state index in [1.807, 2.05) is 51.1 Å². The highest BCUT2D eigenvalue weighted by molar-refractivity contribution is 5.82. The van der Waals surface area contributed by atoms with E-state index in [4.69, 9.17) is 14.2 Å². The van der Waals surface area contributed by atoms with E-state index in [-0.39, 0.29) is 12.7 Å². The Morgan fingerprint density at radius 2 is 1.57 bits per heavy atom. The maximum atomic E-state index is 13.2. The molecule has 1 aromatic rings. The number of ether oxygens (including phenoxy) is 3. The molecule has 0 heterocycles. The molecular weight excluding hydrogens is 444 g/mol. The number of rotatable bonds is 9. The molecule has 2 fully saturated rings. The van der Waals surface area contributed by atoms with Crippen molar-refractivity contribution in [2.45, 2.75) is 128 Å². The summed E-state index contributed by atoms with van der Waals surface area (Å²) >= 11 is 0. The third-order valence-electron chi connectivity index (χ3n) is 6.78. The Kier molecular flexibility index (Phi) is 10.4. The van der Waals surface area contributed by atoms with Crippen molar-refractivity contribution in [3.8, 4) is 0 Å². The minimum absolute atomic E-state index is 0.126. The van der Waals surface area contributed by atoms with Gasteiger partial charge in [-0.15, -0.1) is 0 Å². The van der Waals surface area contributed by atoms with Crippen LogP contribution in [0.25, 0.3) is 0 Å². The average molecular weight is 489 g/mol. The summed E-state index contributed by atoms with van der Waals surface area (Å²) in [6.07, 6.45) is 8.82. The van der Waals surface area contributed by atoms with Gasteiger partial charge in [0.25, 0.3) is 0 Å². The van der Waals surface area contributed by atoms with Crippen molar-refractivity contribution in [3.05, 3.63) is 35.9 Å². The number of esters is 1. The normalized spacial score (nSPS) is 23.2. The summed E-state index contributed by atoms with van der Waals surface area (Å²) < 4.78 is 17.2. The van der Waals surface area contributed by atoms with Crippen LogP contribution in [0.3, 0.4) is 0 Å². The highest BCUT2D eigenvalue weighted by atomic mass is 16.6. The van der Waals surface area contributed by atoms with Gasteiger partial charge in [0.05, 0.1) is 11.7 Å². The molecule has 196 valence electrons. The molecule has 0 radical (unpaired) electrons. The van der Waals surface area contributed by atoms with Crippen LogP contribution in [0.15, 0.2) is 30.3 Å². The molecule has 2 atom stereocenters. The van der Waals surface area contributed by atoms with Gasteiger partial charge in [-0.25, -0.2) is 9.59 Å². The highest BCUT2D eigenvalue weighted by Crippen LogP contribution is 2.25. The minimum Gasteiger partial charge on any atom is -0.461 e. The zero-order valence-corrected chi connectivity index (χ0v) is 21.9. The largest absolute Gasteiger partial charge is 0.461 e. The van der Waals surface area contributed by atoms with Crippen LogP contribution in [-0.2, 0) is 25.6 Å². The summed E-state index contributed by atoms with van der Waals surface area (Å²) in [7, 11) is 0. The van der Waals surface area contributed by atoms with Crippen LogP contribution >= 0.6 is 0 Å². The summed E-state index contributed by atoms with van der Waals surface area (Å²) in [5.74, 6) is -0.470. The number of nitrogens with one attached hydrogen (secondary N) is 2. The Labute approximate surface area is 210 Å². The van der Waals surface area contributed by atoms with Crippen LogP contribution in [0.5, 0.6) is 0 Å². The van der Waals surface area contributed by atoms with Crippen molar-refractivity contribution < 1.29 is 23.8 Å². The predicted molar refractivity (Wildman–Crippen MR) is 136 cm³/mol. The summed E-state index contributed by atoms with van der Waals surface area (Å²) in [5.41, 5.74) is 0.399. The number of hydrogen-bond acceptors (Lipinski definition) is 6. The van der Waals surface area contributed by atoms with Crippen molar-refractivity contribution in [1.29, 1.82) is 0 Å². The molecule has 0 bridgehead atoms. The Hall–Kier alpha value is -2.12. The van der Waals surface area contributed by atoms with Gasteiger partial charge in [0.2, 0.25) is 0 Å². The summed E-state index contributed by atoms with van der Waals surface area (Å²) in [6, 6.07) is 9.62. The van der Waals surface area contributed by atoms with Gasteiger partial charge in [0, 0.05) is 12.1 Å². The second-order valence-corrected chi connectivity index (χ2v) is 11.0. The lowest BCUT2D eigenvalue weighted by Crippen LogP contribution is -2.52. The maximum Gasteiger partial charge on any atom is 0.408 e. The summed E-state index contributed by atoms with van der Waals surface area (Å²) in [5, 5.41) is 6.51. The van der Waals surface area contributed by atoms with Gasteiger partial charge in [0.1, 0.15) is 12.7 Å². The molecule has 7 nitrogen and oxygen atoms in total. The highest BCUT2D eigenvalue weighted by Gasteiger charge is 2.35. The van der Waals surface area contributed by atoms with E-state index in [0.717, 1.165) is 31.2 Å². The first kappa shape index (κ1) is 27.5. The molecule has 2 aliphatic carbocycles. The predicted octanol–water partition coefficient (Wildman–Crippen LogP) is 5.26. The first-order chi connectivity index (χ1) is 16.7. The fourth-order valence-electron chi connectivity index (χ4n) is 5.07. The maximum absolute atomic E-state index is 13.2. The number of amides is 1. The van der Waals surface area contributed by atoms with Gasteiger partial charge in [0.15, 0.2) is 6.04 Å². The molecule has 0 aromatic heterocycles. The topological polar surface area (TPSA) is 85.9 Å². The van der Waals surface area contributed by atoms with Crippen molar-refractivity contribution >= 4 is 12.1 Å². The summed E-state index contributed by atoms with van der Waals surface area (Å²) in [4.78, 5) is 25.7. The van der Waals surface area contributed by atoms with Crippen LogP contribution in [0.1, 0.15) is 91.0 Å². The van der Waals surface area contributed by atoms with Gasteiger partial charge in [-0.05, 0) is 71.8 Å². The fourth-order valence-corrected chi connectivity index (χ4v) is 5.07. The quantitative estimate of drug-likeness (QED) is 0.461. The number of carbonyl (C=O) groups is 2. The van der Waals surface area contributed by atoms with Crippen LogP contribution in [-0.4, -0.2) is 48.0 Å². The van der Waals surface area contributed by atoms with Crippen molar-refractivity contribution in [3.63, 3.8) is 0 Å². The molecule has 0 saturated heterocycles. The second-order valence-electron chi connectivity index (χ2n) is 11.0. The molecule has 2 saturated carbocycles. The van der Waals surface area contributed by atoms with Crippen molar-refractivity contribution in [2.24, 2.45) is 0 Å². The summed E-state index contributed by atoms with van der Waals surface area (Å²) in [6.45, 7) is 7.65. The van der Waals surface area contributed by atoms with Gasteiger partial charge in [-0.1, -0.05) is 49.6 Å². The van der Waals surface area contributed by atoms with E-state index >= 15 is 0 Å². The molecule has 7 heteroatoms. The van der Waals surface area contributed by atoms with Crippen LogP contribution in [0.4, 0.5) is 4.79 Å². The molecule has 0 spiro atoms. The molecular formula is C28H44N2O5. The molecule has 35 heavy (non-hydrogen) atoms. The van der Waals surface area contributed by atoms with Gasteiger partial charge in [-0.2, -0.15) is 0 Å². The molecule has 3 rings (SSSR count). The van der Waals surface area contributed by atoms with Gasteiger partial charge in [-0.3, -0.25) is 0 Å². The SMILES string of the molecule is C[C@@H](OC(C)(C)C)[C@H](NC(=O)OCc1ccccc1)C(=O)OC1CCC(NC2CCCCC2)CC1. The number of alkyl carbamates (subject to hydrolysis) is 1. The lowest BCUT2D eigenvalue weighted by atomic mass is 9.89. The molecule has 2 N–H and O–H groups in total. The Morgan fingerprint density at radius 1 is 0.943 bits per heavy atom. The molecule has 1 amide bonds. The third kappa shape index (κ3) is 9.80. The number of benzene rings is 1. The van der Waals surface area contributed by atoms with E-state index in [0.29, 0.717) is 12.1 Å². The second kappa shape index (κ2) is 13.3. The molecule has 1 aromatic carbocycles. The standard InChI is InChI=1S/C28H44N2O5/c1-20(35-28(2,3)4)25(30-27(32)33-19-21-11-7-5-8-12-21)26(31)34-24-17-15-23(16-18-24)29-22-13-9-6-10-14-22/h5,7-8,11-12,20,22-25,29H,6,9-10,13-19H2,1-4H3,(H,30,32)/t20-,23?,24?,25+/m1/s1. The Balaban J connectivity index is 1.51. The zero-order valence-electron chi connectivity index (χ0n) is 21.9. The lowest BCUT2D eigenvalue weighted by molar-refractivity contribution is -0.160. The van der Waals surface area contributed by atoms with Crippen LogP contribution in [0, 0.1) is 0 Å². The molecule has 0 aliphatic heterocycles. The molecule has 0 unspecified atom stereocenters. The fraction of sp³-hybridized carbons (Fsp3) is 0.714. The monoisotopic (exact) mass is 488 g/mol. The number of hydrogen-bond donors (Lipinski definition) is 2. The van der Waals surface area contributed by atoms with Gasteiger partial charge < -0.3 is 24.8 Å².